The van der Waals surface area contributed by atoms with E-state index in [1.54, 1.807) is 31.6 Å². The first-order valence-corrected chi connectivity index (χ1v) is 11.4. The third-order valence-electron chi connectivity index (χ3n) is 5.28. The maximum atomic E-state index is 13.3. The van der Waals surface area contributed by atoms with Crippen molar-refractivity contribution in [3.05, 3.63) is 31.3 Å². The maximum Gasteiger partial charge on any atom is 0.332 e. The molecule has 0 saturated heterocycles. The van der Waals surface area contributed by atoms with Crippen molar-refractivity contribution in [3.8, 4) is 0 Å². The molecular formula is C22H31N3O5S. The Labute approximate surface area is 185 Å². The fourth-order valence-electron chi connectivity index (χ4n) is 3.44. The normalized spacial score (nSPS) is 15.7. The van der Waals surface area contributed by atoms with Gasteiger partial charge in [-0.15, -0.1) is 11.3 Å². The lowest BCUT2D eigenvalue weighted by atomic mass is 10.2. The Bertz CT molecular complexity index is 1130. The molecule has 0 spiro atoms. The SMILES string of the molecule is CCOCCn1c(=O)n(C2(C)CC2)c(=O)c2c(C)c(C=NCC(=O)OC(C)(C)C)sc21. The van der Waals surface area contributed by atoms with E-state index in [0.29, 0.717) is 30.0 Å². The standard InChI is InChI=1S/C22H31N3O5S/c1-7-29-11-10-24-19-17(18(27)25(20(24)28)22(6)8-9-22)14(2)15(31-19)12-23-13-16(26)30-21(3,4)5/h12H,7-11,13H2,1-6H3. The second kappa shape index (κ2) is 8.70. The summed E-state index contributed by atoms with van der Waals surface area (Å²) in [5.74, 6) is -0.417. The molecule has 1 aliphatic rings. The van der Waals surface area contributed by atoms with Crippen LogP contribution in [0.25, 0.3) is 10.2 Å². The highest BCUT2D eigenvalue weighted by Gasteiger charge is 2.43. The average Bonchev–Trinajstić information content (AvgIpc) is 3.30. The number of hydrogen-bond donors (Lipinski definition) is 0. The summed E-state index contributed by atoms with van der Waals surface area (Å²) in [5.41, 5.74) is -0.777. The number of thiophene rings is 1. The molecule has 170 valence electrons. The fourth-order valence-corrected chi connectivity index (χ4v) is 4.65. The van der Waals surface area contributed by atoms with Gasteiger partial charge in [0, 0.05) is 12.8 Å². The minimum atomic E-state index is -0.569. The van der Waals surface area contributed by atoms with E-state index in [4.69, 9.17) is 9.47 Å². The van der Waals surface area contributed by atoms with Gasteiger partial charge in [0.1, 0.15) is 17.0 Å². The molecular weight excluding hydrogens is 418 g/mol. The lowest BCUT2D eigenvalue weighted by Crippen LogP contribution is -2.45. The quantitative estimate of drug-likeness (QED) is 0.351. The zero-order valence-electron chi connectivity index (χ0n) is 19.1. The van der Waals surface area contributed by atoms with Crippen LogP contribution in [0.5, 0.6) is 0 Å². The Hall–Kier alpha value is -2.26. The second-order valence-corrected chi connectivity index (χ2v) is 10.1. The summed E-state index contributed by atoms with van der Waals surface area (Å²) in [6.45, 7) is 12.3. The minimum Gasteiger partial charge on any atom is -0.459 e. The third kappa shape index (κ3) is 4.98. The summed E-state index contributed by atoms with van der Waals surface area (Å²) in [7, 11) is 0. The van der Waals surface area contributed by atoms with E-state index in [0.717, 1.165) is 23.3 Å². The largest absolute Gasteiger partial charge is 0.459 e. The number of aryl methyl sites for hydroxylation is 1. The molecule has 9 heteroatoms. The van der Waals surface area contributed by atoms with Crippen molar-refractivity contribution in [2.45, 2.75) is 72.1 Å². The zero-order valence-corrected chi connectivity index (χ0v) is 19.9. The van der Waals surface area contributed by atoms with Crippen molar-refractivity contribution in [3.63, 3.8) is 0 Å². The summed E-state index contributed by atoms with van der Waals surface area (Å²) in [4.78, 5) is 44.0. The van der Waals surface area contributed by atoms with Crippen LogP contribution in [0.3, 0.4) is 0 Å². The molecule has 31 heavy (non-hydrogen) atoms. The molecule has 3 rings (SSSR count). The molecule has 1 fully saturated rings. The first kappa shape index (κ1) is 23.4. The lowest BCUT2D eigenvalue weighted by molar-refractivity contribution is -0.152. The highest BCUT2D eigenvalue weighted by molar-refractivity contribution is 7.20. The Morgan fingerprint density at radius 2 is 1.97 bits per heavy atom. The van der Waals surface area contributed by atoms with Crippen molar-refractivity contribution in [2.75, 3.05) is 19.8 Å². The van der Waals surface area contributed by atoms with Crippen molar-refractivity contribution in [1.82, 2.24) is 9.13 Å². The molecule has 0 unspecified atom stereocenters. The zero-order chi connectivity index (χ0) is 23.0. The van der Waals surface area contributed by atoms with Crippen LogP contribution in [-0.4, -0.2) is 46.7 Å². The van der Waals surface area contributed by atoms with Gasteiger partial charge in [-0.1, -0.05) is 0 Å². The molecule has 1 saturated carbocycles. The van der Waals surface area contributed by atoms with Gasteiger partial charge in [0.15, 0.2) is 0 Å². The molecule has 0 atom stereocenters. The highest BCUT2D eigenvalue weighted by atomic mass is 32.1. The van der Waals surface area contributed by atoms with Gasteiger partial charge in [-0.2, -0.15) is 0 Å². The average molecular weight is 450 g/mol. The van der Waals surface area contributed by atoms with E-state index in [2.05, 4.69) is 4.99 Å². The Balaban J connectivity index is 2.03. The number of esters is 1. The molecule has 2 aromatic rings. The third-order valence-corrected chi connectivity index (χ3v) is 6.52. The number of carbonyl (C=O) groups excluding carboxylic acids is 1. The molecule has 2 aromatic heterocycles. The Kier molecular flexibility index (Phi) is 6.57. The second-order valence-electron chi connectivity index (χ2n) is 9.10. The molecule has 1 aliphatic carbocycles. The first-order valence-electron chi connectivity index (χ1n) is 10.6. The fraction of sp³-hybridized carbons (Fsp3) is 0.636. The molecule has 0 N–H and O–H groups in total. The molecule has 2 heterocycles. The predicted octanol–water partition coefficient (Wildman–Crippen LogP) is 2.84. The van der Waals surface area contributed by atoms with Crippen LogP contribution in [0.15, 0.2) is 14.6 Å². The number of carbonyl (C=O) groups is 1. The Morgan fingerprint density at radius 3 is 2.55 bits per heavy atom. The predicted molar refractivity (Wildman–Crippen MR) is 123 cm³/mol. The van der Waals surface area contributed by atoms with Crippen molar-refractivity contribution < 1.29 is 14.3 Å². The van der Waals surface area contributed by atoms with E-state index >= 15 is 0 Å². The van der Waals surface area contributed by atoms with Gasteiger partial charge < -0.3 is 9.47 Å². The molecule has 0 radical (unpaired) electrons. The van der Waals surface area contributed by atoms with Crippen LogP contribution in [0, 0.1) is 6.92 Å². The van der Waals surface area contributed by atoms with Gasteiger partial charge in [-0.3, -0.25) is 23.7 Å². The minimum absolute atomic E-state index is 0.107. The number of aliphatic imine (C=N–C) groups is 1. The maximum absolute atomic E-state index is 13.3. The van der Waals surface area contributed by atoms with Gasteiger partial charge in [-0.25, -0.2) is 4.79 Å². The number of nitrogens with zero attached hydrogens (tertiary/aromatic N) is 3. The van der Waals surface area contributed by atoms with E-state index in [9.17, 15) is 14.4 Å². The number of rotatable bonds is 8. The van der Waals surface area contributed by atoms with Crippen LogP contribution in [0.4, 0.5) is 0 Å². The summed E-state index contributed by atoms with van der Waals surface area (Å²) < 4.78 is 13.8. The highest BCUT2D eigenvalue weighted by Crippen LogP contribution is 2.41. The van der Waals surface area contributed by atoms with Crippen molar-refractivity contribution in [1.29, 1.82) is 0 Å². The smallest absolute Gasteiger partial charge is 0.332 e. The van der Waals surface area contributed by atoms with Gasteiger partial charge in [0.2, 0.25) is 0 Å². The van der Waals surface area contributed by atoms with Crippen LogP contribution >= 0.6 is 11.3 Å². The van der Waals surface area contributed by atoms with Crippen molar-refractivity contribution in [2.24, 2.45) is 4.99 Å². The monoisotopic (exact) mass is 449 g/mol. The number of fused-ring (bicyclic) bond motifs is 1. The van der Waals surface area contributed by atoms with Gasteiger partial charge in [0.25, 0.3) is 5.56 Å². The van der Waals surface area contributed by atoms with Crippen LogP contribution in [0.2, 0.25) is 0 Å². The number of ether oxygens (including phenoxy) is 2. The molecule has 0 bridgehead atoms. The summed E-state index contributed by atoms with van der Waals surface area (Å²) >= 11 is 1.33. The molecule has 8 nitrogen and oxygen atoms in total. The molecule has 0 aromatic carbocycles. The lowest BCUT2D eigenvalue weighted by Gasteiger charge is -2.18. The summed E-state index contributed by atoms with van der Waals surface area (Å²) in [5, 5.41) is 0.535. The van der Waals surface area contributed by atoms with Gasteiger partial charge >= 0.3 is 11.7 Å². The van der Waals surface area contributed by atoms with E-state index in [1.165, 1.54) is 15.9 Å². The van der Waals surface area contributed by atoms with Gasteiger partial charge in [0.05, 0.1) is 29.0 Å². The topological polar surface area (TPSA) is 91.9 Å². The van der Waals surface area contributed by atoms with Crippen LogP contribution in [-0.2, 0) is 26.4 Å². The van der Waals surface area contributed by atoms with E-state index in [-0.39, 0.29) is 17.8 Å². The number of aromatic nitrogens is 2. The first-order chi connectivity index (χ1) is 14.5. The molecule has 0 aliphatic heterocycles. The van der Waals surface area contributed by atoms with Crippen LogP contribution < -0.4 is 11.2 Å². The summed E-state index contributed by atoms with van der Waals surface area (Å²) in [6.07, 6.45) is 3.21. The van der Waals surface area contributed by atoms with E-state index < -0.39 is 17.1 Å². The van der Waals surface area contributed by atoms with Gasteiger partial charge in [-0.05, 0) is 59.9 Å². The number of hydrogen-bond acceptors (Lipinski definition) is 7. The van der Waals surface area contributed by atoms with E-state index in [1.807, 2.05) is 20.8 Å². The molecule has 0 amide bonds. The van der Waals surface area contributed by atoms with Crippen LogP contribution in [0.1, 0.15) is 57.9 Å². The summed E-state index contributed by atoms with van der Waals surface area (Å²) in [6, 6.07) is 0. The Morgan fingerprint density at radius 1 is 1.29 bits per heavy atom. The van der Waals surface area contributed by atoms with Crippen molar-refractivity contribution >= 4 is 33.7 Å².